The van der Waals surface area contributed by atoms with Crippen LogP contribution in [-0.2, 0) is 10.0 Å². The number of sulfonamides is 1. The van der Waals surface area contributed by atoms with Crippen molar-refractivity contribution in [3.8, 4) is 0 Å². The number of hydrogen-bond donors (Lipinski definition) is 2. The lowest BCUT2D eigenvalue weighted by molar-refractivity contribution is -0.385. The summed E-state index contributed by atoms with van der Waals surface area (Å²) < 4.78 is 29.1. The fourth-order valence-corrected chi connectivity index (χ4v) is 6.29. The van der Waals surface area contributed by atoms with Crippen molar-refractivity contribution in [1.82, 2.24) is 0 Å². The van der Waals surface area contributed by atoms with Gasteiger partial charge in [-0.2, -0.15) is 0 Å². The first kappa shape index (κ1) is 22.2. The Balaban J connectivity index is 1.51. The predicted molar refractivity (Wildman–Crippen MR) is 133 cm³/mol. The van der Waals surface area contributed by atoms with Gasteiger partial charge in [0.05, 0.1) is 21.4 Å². The molecular formula is C26H25N3O4S. The van der Waals surface area contributed by atoms with Gasteiger partial charge >= 0.3 is 0 Å². The van der Waals surface area contributed by atoms with Crippen molar-refractivity contribution in [2.75, 3.05) is 10.0 Å². The Morgan fingerprint density at radius 3 is 2.47 bits per heavy atom. The van der Waals surface area contributed by atoms with E-state index in [1.54, 1.807) is 42.5 Å². The second kappa shape index (κ2) is 8.29. The predicted octanol–water partition coefficient (Wildman–Crippen LogP) is 5.84. The number of aryl methyl sites for hydroxylation is 2. The second-order valence-corrected chi connectivity index (χ2v) is 10.7. The summed E-state index contributed by atoms with van der Waals surface area (Å²) in [6.45, 7) is 3.85. The van der Waals surface area contributed by atoms with E-state index in [-0.39, 0.29) is 33.4 Å². The van der Waals surface area contributed by atoms with E-state index in [2.05, 4.69) is 22.2 Å². The molecule has 0 bridgehead atoms. The molecule has 8 heteroatoms. The zero-order valence-corrected chi connectivity index (χ0v) is 19.7. The molecule has 0 fully saturated rings. The lowest BCUT2D eigenvalue weighted by Gasteiger charge is -2.37. The van der Waals surface area contributed by atoms with Gasteiger partial charge in [-0.25, -0.2) is 8.42 Å². The van der Waals surface area contributed by atoms with Crippen LogP contribution in [0.25, 0.3) is 0 Å². The monoisotopic (exact) mass is 475 g/mol. The van der Waals surface area contributed by atoms with Crippen LogP contribution in [0.2, 0.25) is 0 Å². The van der Waals surface area contributed by atoms with Gasteiger partial charge in [-0.3, -0.25) is 14.8 Å². The number of hydrogen-bond acceptors (Lipinski definition) is 5. The SMILES string of the molecule is Cc1cc(C)cc(NS(=O)(=O)c2ccc3c(c2)C2C=CCC2C(c2ccccc2[N+](=O)[O-])N3)c1. The smallest absolute Gasteiger partial charge is 0.274 e. The van der Waals surface area contributed by atoms with Crippen LogP contribution in [0.4, 0.5) is 17.1 Å². The molecular weight excluding hydrogens is 450 g/mol. The first-order chi connectivity index (χ1) is 16.2. The van der Waals surface area contributed by atoms with Crippen molar-refractivity contribution in [3.63, 3.8) is 0 Å². The minimum Gasteiger partial charge on any atom is -0.377 e. The third-order valence-electron chi connectivity index (χ3n) is 6.59. The average molecular weight is 476 g/mol. The van der Waals surface area contributed by atoms with Crippen LogP contribution in [0.1, 0.15) is 40.6 Å². The number of anilines is 2. The molecule has 0 spiro atoms. The number of nitrogens with zero attached hydrogens (tertiary/aromatic N) is 1. The van der Waals surface area contributed by atoms with Gasteiger partial charge in [0.1, 0.15) is 0 Å². The van der Waals surface area contributed by atoms with Gasteiger partial charge in [0.2, 0.25) is 0 Å². The van der Waals surface area contributed by atoms with E-state index in [0.29, 0.717) is 11.3 Å². The van der Waals surface area contributed by atoms with Gasteiger partial charge in [0, 0.05) is 23.4 Å². The summed E-state index contributed by atoms with van der Waals surface area (Å²) in [5.41, 5.74) is 4.90. The van der Waals surface area contributed by atoms with Crippen LogP contribution in [0.5, 0.6) is 0 Å². The minimum atomic E-state index is -3.78. The average Bonchev–Trinajstić information content (AvgIpc) is 3.27. The molecule has 5 rings (SSSR count). The molecule has 174 valence electrons. The highest BCUT2D eigenvalue weighted by Crippen LogP contribution is 2.51. The molecule has 1 aliphatic heterocycles. The molecule has 1 aliphatic carbocycles. The maximum atomic E-state index is 13.2. The third kappa shape index (κ3) is 3.94. The molecule has 2 N–H and O–H groups in total. The van der Waals surface area contributed by atoms with Gasteiger partial charge in [0.15, 0.2) is 0 Å². The van der Waals surface area contributed by atoms with E-state index in [0.717, 1.165) is 28.8 Å². The molecule has 34 heavy (non-hydrogen) atoms. The lowest BCUT2D eigenvalue weighted by Crippen LogP contribution is -2.30. The highest BCUT2D eigenvalue weighted by molar-refractivity contribution is 7.92. The number of benzene rings is 3. The van der Waals surface area contributed by atoms with Crippen LogP contribution in [0.15, 0.2) is 77.7 Å². The molecule has 3 atom stereocenters. The van der Waals surface area contributed by atoms with Crippen LogP contribution in [0, 0.1) is 29.9 Å². The van der Waals surface area contributed by atoms with E-state index in [9.17, 15) is 18.5 Å². The Morgan fingerprint density at radius 2 is 1.74 bits per heavy atom. The Morgan fingerprint density at radius 1 is 1.00 bits per heavy atom. The van der Waals surface area contributed by atoms with Crippen LogP contribution < -0.4 is 10.0 Å². The molecule has 3 aromatic rings. The lowest BCUT2D eigenvalue weighted by atomic mass is 9.76. The van der Waals surface area contributed by atoms with Gasteiger partial charge in [-0.15, -0.1) is 0 Å². The Labute approximate surface area is 198 Å². The maximum absolute atomic E-state index is 13.2. The molecule has 0 radical (unpaired) electrons. The summed E-state index contributed by atoms with van der Waals surface area (Å²) in [7, 11) is -3.78. The van der Waals surface area contributed by atoms with E-state index in [1.807, 2.05) is 26.0 Å². The minimum absolute atomic E-state index is 0.0302. The van der Waals surface area contributed by atoms with Crippen molar-refractivity contribution in [1.29, 1.82) is 0 Å². The molecule has 3 aromatic carbocycles. The summed E-state index contributed by atoms with van der Waals surface area (Å²) in [6, 6.07) is 17.2. The first-order valence-corrected chi connectivity index (χ1v) is 12.6. The molecule has 0 saturated heterocycles. The van der Waals surface area contributed by atoms with Crippen molar-refractivity contribution >= 4 is 27.1 Å². The molecule has 0 aromatic heterocycles. The van der Waals surface area contributed by atoms with Gasteiger partial charge in [-0.05, 0) is 73.2 Å². The topological polar surface area (TPSA) is 101 Å². The van der Waals surface area contributed by atoms with Gasteiger partial charge < -0.3 is 5.32 Å². The number of fused-ring (bicyclic) bond motifs is 3. The molecule has 1 heterocycles. The molecule has 3 unspecified atom stereocenters. The fraction of sp³-hybridized carbons (Fsp3) is 0.231. The highest BCUT2D eigenvalue weighted by Gasteiger charge is 2.40. The molecule has 7 nitrogen and oxygen atoms in total. The Kier molecular flexibility index (Phi) is 5.40. The van der Waals surface area contributed by atoms with Crippen molar-refractivity contribution in [2.24, 2.45) is 5.92 Å². The number of rotatable bonds is 5. The summed E-state index contributed by atoms with van der Waals surface area (Å²) in [5.74, 6) is 0.0244. The Hall–Kier alpha value is -3.65. The van der Waals surface area contributed by atoms with Gasteiger partial charge in [0.25, 0.3) is 15.7 Å². The fourth-order valence-electron chi connectivity index (χ4n) is 5.21. The second-order valence-electron chi connectivity index (χ2n) is 9.02. The number of para-hydroxylation sites is 1. The van der Waals surface area contributed by atoms with E-state index in [4.69, 9.17) is 0 Å². The van der Waals surface area contributed by atoms with E-state index >= 15 is 0 Å². The van der Waals surface area contributed by atoms with Gasteiger partial charge in [-0.1, -0.05) is 36.4 Å². The third-order valence-corrected chi connectivity index (χ3v) is 7.97. The van der Waals surface area contributed by atoms with E-state index < -0.39 is 10.0 Å². The van der Waals surface area contributed by atoms with Crippen molar-refractivity contribution < 1.29 is 13.3 Å². The van der Waals surface area contributed by atoms with E-state index in [1.165, 1.54) is 6.07 Å². The Bertz CT molecular complexity index is 1410. The standard InChI is InChI=1S/C26H25N3O4S/c1-16-12-17(2)14-18(13-16)28-34(32,33)19-10-11-24-23(15-19)20-7-5-8-21(20)26(27-24)22-6-3-4-9-25(22)29(30)31/h3-7,9-15,20-21,26-28H,8H2,1-2H3. The zero-order valence-electron chi connectivity index (χ0n) is 18.9. The van der Waals surface area contributed by atoms with Crippen molar-refractivity contribution in [3.05, 3.63) is 105 Å². The summed E-state index contributed by atoms with van der Waals surface area (Å²) in [6.07, 6.45) is 4.91. The zero-order chi connectivity index (χ0) is 24.0. The summed E-state index contributed by atoms with van der Waals surface area (Å²) >= 11 is 0. The number of nitro groups is 1. The van der Waals surface area contributed by atoms with Crippen molar-refractivity contribution in [2.45, 2.75) is 37.1 Å². The summed E-state index contributed by atoms with van der Waals surface area (Å²) in [4.78, 5) is 11.5. The number of nitrogens with one attached hydrogen (secondary N) is 2. The summed E-state index contributed by atoms with van der Waals surface area (Å²) in [5, 5.41) is 15.1. The maximum Gasteiger partial charge on any atom is 0.274 e. The van der Waals surface area contributed by atoms with Crippen LogP contribution in [0.3, 0.4) is 0 Å². The highest BCUT2D eigenvalue weighted by atomic mass is 32.2. The molecule has 2 aliphatic rings. The normalized spacial score (nSPS) is 20.8. The van der Waals surface area contributed by atoms with Crippen LogP contribution >= 0.6 is 0 Å². The quantitative estimate of drug-likeness (QED) is 0.274. The van der Waals surface area contributed by atoms with Crippen LogP contribution in [-0.4, -0.2) is 13.3 Å². The molecule has 0 amide bonds. The first-order valence-electron chi connectivity index (χ1n) is 11.1. The largest absolute Gasteiger partial charge is 0.377 e. The number of nitro benzene ring substituents is 1. The molecule has 0 saturated carbocycles. The number of allylic oxidation sites excluding steroid dienone is 2.